The zero-order valence-corrected chi connectivity index (χ0v) is 16.0. The molecule has 1 aromatic heterocycles. The van der Waals surface area contributed by atoms with Crippen LogP contribution in [0.2, 0.25) is 0 Å². The molecule has 0 unspecified atom stereocenters. The van der Waals surface area contributed by atoms with Crippen molar-refractivity contribution in [3.05, 3.63) is 58.1 Å². The average Bonchev–Trinajstić information content (AvgIpc) is 2.62. The molecule has 8 heteroatoms. The summed E-state index contributed by atoms with van der Waals surface area (Å²) < 4.78 is 38.9. The van der Waals surface area contributed by atoms with Gasteiger partial charge in [0.15, 0.2) is 0 Å². The normalized spacial score (nSPS) is 11.3. The molecule has 0 aliphatic rings. The van der Waals surface area contributed by atoms with Crippen LogP contribution in [0.1, 0.15) is 25.2 Å². The second-order valence-electron chi connectivity index (χ2n) is 5.32. The van der Waals surface area contributed by atoms with E-state index in [9.17, 15) is 9.36 Å². The first-order valence-electron chi connectivity index (χ1n) is 8.25. The second-order valence-corrected chi connectivity index (χ2v) is 7.37. The van der Waals surface area contributed by atoms with Crippen molar-refractivity contribution in [1.82, 2.24) is 0 Å². The summed E-state index contributed by atoms with van der Waals surface area (Å²) in [5, 5.41) is 0. The highest BCUT2D eigenvalue weighted by molar-refractivity contribution is 7.53. The lowest BCUT2D eigenvalue weighted by Crippen LogP contribution is -2.08. The summed E-state index contributed by atoms with van der Waals surface area (Å²) in [5.41, 5.74) is 0.519. The Morgan fingerprint density at radius 1 is 1.08 bits per heavy atom. The summed E-state index contributed by atoms with van der Waals surface area (Å²) in [7, 11) is -1.74. The molecule has 0 fully saturated rings. The Kier molecular flexibility index (Phi) is 7.45. The zero-order valence-electron chi connectivity index (χ0n) is 15.1. The Balaban J connectivity index is 2.04. The molecular weight excluding hydrogens is 359 g/mol. The largest absolute Gasteiger partial charge is 0.497 e. The molecule has 26 heavy (non-hydrogen) atoms. The third-order valence-corrected chi connectivity index (χ3v) is 5.41. The smallest absolute Gasteiger partial charge is 0.338 e. The van der Waals surface area contributed by atoms with E-state index in [2.05, 4.69) is 0 Å². The fourth-order valence-corrected chi connectivity index (χ4v) is 3.81. The molecular formula is C18H23O7P. The van der Waals surface area contributed by atoms with Gasteiger partial charge >= 0.3 is 7.60 Å². The topological polar surface area (TPSA) is 84.2 Å². The molecule has 0 bridgehead atoms. The molecule has 0 amide bonds. The highest BCUT2D eigenvalue weighted by Gasteiger charge is 2.26. The molecule has 7 nitrogen and oxygen atoms in total. The van der Waals surface area contributed by atoms with Crippen LogP contribution in [0.25, 0.3) is 0 Å². The van der Waals surface area contributed by atoms with Crippen LogP contribution in [0.3, 0.4) is 0 Å². The van der Waals surface area contributed by atoms with E-state index in [4.69, 9.17) is 22.9 Å². The quantitative estimate of drug-likeness (QED) is 0.574. The Morgan fingerprint density at radius 2 is 1.73 bits per heavy atom. The Hall–Kier alpha value is -2.08. The summed E-state index contributed by atoms with van der Waals surface area (Å²) >= 11 is 0. The van der Waals surface area contributed by atoms with Gasteiger partial charge in [-0.25, -0.2) is 0 Å². The Labute approximate surface area is 152 Å². The van der Waals surface area contributed by atoms with Crippen LogP contribution < -0.4 is 14.9 Å². The number of methoxy groups -OCH3 is 1. The number of benzene rings is 1. The fraction of sp³-hybridized carbons (Fsp3) is 0.389. The molecule has 1 aromatic carbocycles. The van der Waals surface area contributed by atoms with Gasteiger partial charge in [-0.15, -0.1) is 0 Å². The standard InChI is InChI=1S/C18H23O7P/c1-4-24-26(20,25-5-2)13-16-10-17(19)18(12-22-16)23-11-14-6-8-15(21-3)9-7-14/h6-10,12H,4-5,11,13H2,1-3H3. The highest BCUT2D eigenvalue weighted by atomic mass is 31.2. The third-order valence-electron chi connectivity index (χ3n) is 3.41. The van der Waals surface area contributed by atoms with Crippen molar-refractivity contribution in [3.63, 3.8) is 0 Å². The van der Waals surface area contributed by atoms with Crippen molar-refractivity contribution in [2.45, 2.75) is 26.6 Å². The number of hydrogen-bond acceptors (Lipinski definition) is 7. The van der Waals surface area contributed by atoms with E-state index < -0.39 is 7.60 Å². The van der Waals surface area contributed by atoms with Gasteiger partial charge in [0, 0.05) is 6.07 Å². The maximum atomic E-state index is 12.5. The van der Waals surface area contributed by atoms with Crippen LogP contribution in [-0.4, -0.2) is 20.3 Å². The summed E-state index contributed by atoms with van der Waals surface area (Å²) in [4.78, 5) is 12.2. The monoisotopic (exact) mass is 382 g/mol. The number of rotatable bonds is 10. The molecule has 2 rings (SSSR count). The van der Waals surface area contributed by atoms with Gasteiger partial charge in [-0.05, 0) is 31.5 Å². The van der Waals surface area contributed by atoms with Crippen molar-refractivity contribution in [2.75, 3.05) is 20.3 Å². The lowest BCUT2D eigenvalue weighted by Gasteiger charge is -2.16. The molecule has 0 saturated carbocycles. The predicted molar refractivity (Wildman–Crippen MR) is 96.9 cm³/mol. The minimum atomic E-state index is -3.33. The van der Waals surface area contributed by atoms with E-state index in [1.165, 1.54) is 12.3 Å². The zero-order chi connectivity index (χ0) is 19.0. The van der Waals surface area contributed by atoms with Crippen LogP contribution in [0.15, 0.2) is 45.8 Å². The van der Waals surface area contributed by atoms with E-state index >= 15 is 0 Å². The summed E-state index contributed by atoms with van der Waals surface area (Å²) in [6.45, 7) is 4.13. The first kappa shape index (κ1) is 20.2. The average molecular weight is 382 g/mol. The lowest BCUT2D eigenvalue weighted by atomic mass is 10.2. The van der Waals surface area contributed by atoms with Crippen LogP contribution in [-0.2, 0) is 26.4 Å². The van der Waals surface area contributed by atoms with Crippen molar-refractivity contribution in [1.29, 1.82) is 0 Å². The van der Waals surface area contributed by atoms with Crippen LogP contribution in [0.4, 0.5) is 0 Å². The highest BCUT2D eigenvalue weighted by Crippen LogP contribution is 2.51. The molecule has 0 N–H and O–H groups in total. The van der Waals surface area contributed by atoms with Gasteiger partial charge in [-0.2, -0.15) is 0 Å². The van der Waals surface area contributed by atoms with Gasteiger partial charge in [-0.1, -0.05) is 12.1 Å². The molecule has 0 spiro atoms. The van der Waals surface area contributed by atoms with E-state index in [0.29, 0.717) is 0 Å². The summed E-state index contributed by atoms with van der Waals surface area (Å²) in [6, 6.07) is 8.55. The fourth-order valence-electron chi connectivity index (χ4n) is 2.22. The van der Waals surface area contributed by atoms with Crippen molar-refractivity contribution in [3.8, 4) is 11.5 Å². The van der Waals surface area contributed by atoms with Crippen molar-refractivity contribution >= 4 is 7.60 Å². The maximum absolute atomic E-state index is 12.5. The molecule has 0 aliphatic carbocycles. The first-order valence-corrected chi connectivity index (χ1v) is 9.98. The molecule has 2 aromatic rings. The van der Waals surface area contributed by atoms with Crippen molar-refractivity contribution < 1.29 is 27.5 Å². The van der Waals surface area contributed by atoms with Crippen LogP contribution >= 0.6 is 7.60 Å². The SMILES string of the molecule is CCOP(=O)(Cc1cc(=O)c(OCc2ccc(OC)cc2)co1)OCC. The molecule has 0 atom stereocenters. The lowest BCUT2D eigenvalue weighted by molar-refractivity contribution is 0.216. The van der Waals surface area contributed by atoms with Gasteiger partial charge in [-0.3, -0.25) is 9.36 Å². The minimum Gasteiger partial charge on any atom is -0.497 e. The molecule has 0 radical (unpaired) electrons. The van der Waals surface area contributed by atoms with E-state index in [1.807, 2.05) is 24.3 Å². The third kappa shape index (κ3) is 5.73. The van der Waals surface area contributed by atoms with E-state index in [-0.39, 0.29) is 42.9 Å². The molecule has 0 saturated heterocycles. The molecule has 0 aliphatic heterocycles. The number of ether oxygens (including phenoxy) is 2. The summed E-state index contributed by atoms with van der Waals surface area (Å²) in [5.74, 6) is 1.04. The second kappa shape index (κ2) is 9.57. The van der Waals surface area contributed by atoms with Gasteiger partial charge in [0.25, 0.3) is 0 Å². The van der Waals surface area contributed by atoms with Crippen molar-refractivity contribution in [2.24, 2.45) is 0 Å². The van der Waals surface area contributed by atoms with Crippen LogP contribution in [0.5, 0.6) is 11.5 Å². The van der Waals surface area contributed by atoms with Gasteiger partial charge in [0.1, 0.15) is 30.5 Å². The Morgan fingerprint density at radius 3 is 2.27 bits per heavy atom. The van der Waals surface area contributed by atoms with Gasteiger partial charge in [0.05, 0.1) is 20.3 Å². The van der Waals surface area contributed by atoms with E-state index in [0.717, 1.165) is 11.3 Å². The predicted octanol–water partition coefficient (Wildman–Crippen LogP) is 3.99. The molecule has 142 valence electrons. The number of hydrogen-bond donors (Lipinski definition) is 0. The molecule has 1 heterocycles. The minimum absolute atomic E-state index is 0.0761. The Bertz CT molecular complexity index is 788. The first-order chi connectivity index (χ1) is 12.5. The van der Waals surface area contributed by atoms with Crippen LogP contribution in [0, 0.1) is 0 Å². The maximum Gasteiger partial charge on any atom is 0.338 e. The van der Waals surface area contributed by atoms with Gasteiger partial charge < -0.3 is 22.9 Å². The van der Waals surface area contributed by atoms with Gasteiger partial charge in [0.2, 0.25) is 11.2 Å². The van der Waals surface area contributed by atoms with E-state index in [1.54, 1.807) is 21.0 Å². The summed E-state index contributed by atoms with van der Waals surface area (Å²) in [6.07, 6.45) is 1.10.